The molecule has 7 nitrogen and oxygen atoms in total. The van der Waals surface area contributed by atoms with E-state index in [4.69, 9.17) is 4.52 Å². The van der Waals surface area contributed by atoms with E-state index in [0.29, 0.717) is 18.1 Å². The Hall–Kier alpha value is -3.56. The van der Waals surface area contributed by atoms with Crippen LogP contribution in [0.4, 0.5) is 5.69 Å². The molecule has 9 heteroatoms. The smallest absolute Gasteiger partial charge is 0.234 e. The molecule has 3 heterocycles. The largest absolute Gasteiger partial charge is 0.339 e. The van der Waals surface area contributed by atoms with E-state index in [1.54, 1.807) is 23.7 Å². The van der Waals surface area contributed by atoms with Crippen LogP contribution in [0.15, 0.2) is 81.9 Å². The number of carbonyl (C=O) groups excluding carboxylic acids is 1. The van der Waals surface area contributed by atoms with Crippen LogP contribution in [0.5, 0.6) is 0 Å². The average molecular weight is 460 g/mol. The number of aromatic nitrogens is 4. The van der Waals surface area contributed by atoms with Crippen LogP contribution in [0.2, 0.25) is 0 Å². The zero-order valence-corrected chi connectivity index (χ0v) is 18.4. The molecule has 1 amide bonds. The number of rotatable bonds is 7. The van der Waals surface area contributed by atoms with Gasteiger partial charge in [-0.05, 0) is 35.9 Å². The number of benzene rings is 2. The number of fused-ring (bicyclic) bond motifs is 1. The number of thiazole rings is 1. The number of anilines is 1. The van der Waals surface area contributed by atoms with Gasteiger partial charge in [0.1, 0.15) is 0 Å². The zero-order chi connectivity index (χ0) is 21.8. The van der Waals surface area contributed by atoms with Crippen LogP contribution in [0.25, 0.3) is 21.6 Å². The van der Waals surface area contributed by atoms with Crippen LogP contribution in [0, 0.1) is 0 Å². The van der Waals surface area contributed by atoms with Gasteiger partial charge in [0.15, 0.2) is 4.34 Å². The van der Waals surface area contributed by atoms with Gasteiger partial charge in [0.2, 0.25) is 17.6 Å². The summed E-state index contributed by atoms with van der Waals surface area (Å²) in [5.74, 6) is 1.14. The molecule has 0 aliphatic rings. The van der Waals surface area contributed by atoms with Crippen molar-refractivity contribution >= 4 is 44.9 Å². The first kappa shape index (κ1) is 20.3. The minimum Gasteiger partial charge on any atom is -0.339 e. The van der Waals surface area contributed by atoms with Gasteiger partial charge in [-0.1, -0.05) is 47.3 Å². The second-order valence-corrected chi connectivity index (χ2v) is 9.12. The molecule has 0 fully saturated rings. The Labute approximate surface area is 191 Å². The van der Waals surface area contributed by atoms with Crippen molar-refractivity contribution in [1.29, 1.82) is 0 Å². The molecule has 0 saturated carbocycles. The van der Waals surface area contributed by atoms with Crippen molar-refractivity contribution < 1.29 is 9.32 Å². The average Bonchev–Trinajstić information content (AvgIpc) is 3.46. The number of pyridine rings is 1. The van der Waals surface area contributed by atoms with Crippen molar-refractivity contribution in [3.63, 3.8) is 0 Å². The highest BCUT2D eigenvalue weighted by molar-refractivity contribution is 8.01. The number of nitrogens with zero attached hydrogens (tertiary/aromatic N) is 4. The molecule has 2 aromatic carbocycles. The van der Waals surface area contributed by atoms with Gasteiger partial charge in [-0.3, -0.25) is 9.78 Å². The van der Waals surface area contributed by atoms with E-state index in [1.165, 1.54) is 11.8 Å². The van der Waals surface area contributed by atoms with Gasteiger partial charge in [0, 0.05) is 23.6 Å². The number of thioether (sulfide) groups is 1. The standard InChI is InChI=1S/C23H17N5O2S2/c29-20(14-31-23-26-18-9-3-4-10-19(18)32-23)25-17-8-2-1-6-15(17)12-21-27-22(28-30-21)16-7-5-11-24-13-16/h1-11,13H,12,14H2,(H,25,29). The second kappa shape index (κ2) is 9.29. The summed E-state index contributed by atoms with van der Waals surface area (Å²) in [5.41, 5.74) is 3.36. The highest BCUT2D eigenvalue weighted by Crippen LogP contribution is 2.29. The zero-order valence-electron chi connectivity index (χ0n) is 16.8. The summed E-state index contributed by atoms with van der Waals surface area (Å²) in [6, 6.07) is 19.3. The predicted octanol–water partition coefficient (Wildman–Crippen LogP) is 5.06. The Balaban J connectivity index is 1.24. The lowest BCUT2D eigenvalue weighted by Crippen LogP contribution is -2.15. The van der Waals surface area contributed by atoms with E-state index in [1.807, 2.05) is 60.7 Å². The number of amides is 1. The Morgan fingerprint density at radius 2 is 1.91 bits per heavy atom. The molecule has 0 unspecified atom stereocenters. The molecule has 1 N–H and O–H groups in total. The third-order valence-corrected chi connectivity index (χ3v) is 6.80. The topological polar surface area (TPSA) is 93.8 Å². The SMILES string of the molecule is O=C(CSc1nc2ccccc2s1)Nc1ccccc1Cc1nc(-c2cccnc2)no1. The highest BCUT2D eigenvalue weighted by Gasteiger charge is 2.14. The van der Waals surface area contributed by atoms with Crippen LogP contribution in [-0.4, -0.2) is 31.8 Å². The van der Waals surface area contributed by atoms with Gasteiger partial charge in [-0.15, -0.1) is 11.3 Å². The fourth-order valence-corrected chi connectivity index (χ4v) is 4.99. The molecule has 0 spiro atoms. The number of nitrogens with one attached hydrogen (secondary N) is 1. The predicted molar refractivity (Wildman–Crippen MR) is 126 cm³/mol. The lowest BCUT2D eigenvalue weighted by atomic mass is 10.1. The van der Waals surface area contributed by atoms with E-state index >= 15 is 0 Å². The fourth-order valence-electron chi connectivity index (χ4n) is 3.12. The van der Waals surface area contributed by atoms with Crippen molar-refractivity contribution in [2.24, 2.45) is 0 Å². The van der Waals surface area contributed by atoms with Crippen molar-refractivity contribution in [2.45, 2.75) is 10.8 Å². The first-order valence-electron chi connectivity index (χ1n) is 9.84. The number of para-hydroxylation sites is 2. The van der Waals surface area contributed by atoms with Crippen LogP contribution < -0.4 is 5.32 Å². The molecule has 0 bridgehead atoms. The molecule has 32 heavy (non-hydrogen) atoms. The summed E-state index contributed by atoms with van der Waals surface area (Å²) >= 11 is 3.02. The van der Waals surface area contributed by atoms with Crippen molar-refractivity contribution in [1.82, 2.24) is 20.1 Å². The molecule has 0 radical (unpaired) electrons. The van der Waals surface area contributed by atoms with E-state index in [9.17, 15) is 4.79 Å². The van der Waals surface area contributed by atoms with Crippen molar-refractivity contribution in [3.8, 4) is 11.4 Å². The molecule has 158 valence electrons. The second-order valence-electron chi connectivity index (χ2n) is 6.87. The third-order valence-electron chi connectivity index (χ3n) is 4.62. The summed E-state index contributed by atoms with van der Waals surface area (Å²) in [6.07, 6.45) is 3.79. The Bertz CT molecular complexity index is 1330. The summed E-state index contributed by atoms with van der Waals surface area (Å²) < 4.78 is 7.40. The van der Waals surface area contributed by atoms with Gasteiger partial charge in [-0.25, -0.2) is 4.98 Å². The monoisotopic (exact) mass is 459 g/mol. The van der Waals surface area contributed by atoms with E-state index in [2.05, 4.69) is 25.4 Å². The summed E-state index contributed by atoms with van der Waals surface area (Å²) in [7, 11) is 0. The molecule has 5 aromatic rings. The minimum absolute atomic E-state index is 0.0942. The van der Waals surface area contributed by atoms with E-state index < -0.39 is 0 Å². The first-order valence-corrected chi connectivity index (χ1v) is 11.6. The Kier molecular flexibility index (Phi) is 5.91. The minimum atomic E-state index is -0.0942. The van der Waals surface area contributed by atoms with Crippen molar-refractivity contribution in [3.05, 3.63) is 84.5 Å². The fraction of sp³-hybridized carbons (Fsp3) is 0.0870. The summed E-state index contributed by atoms with van der Waals surface area (Å²) in [5, 5.41) is 7.02. The lowest BCUT2D eigenvalue weighted by molar-refractivity contribution is -0.113. The molecule has 0 saturated heterocycles. The highest BCUT2D eigenvalue weighted by atomic mass is 32.2. The van der Waals surface area contributed by atoms with Crippen LogP contribution in [-0.2, 0) is 11.2 Å². The van der Waals surface area contributed by atoms with Crippen molar-refractivity contribution in [2.75, 3.05) is 11.1 Å². The van der Waals surface area contributed by atoms with Crippen LogP contribution >= 0.6 is 23.1 Å². The quantitative estimate of drug-likeness (QED) is 0.340. The normalized spacial score (nSPS) is 11.0. The van der Waals surface area contributed by atoms with E-state index in [0.717, 1.165) is 31.4 Å². The van der Waals surface area contributed by atoms with Gasteiger partial charge in [-0.2, -0.15) is 4.98 Å². The summed E-state index contributed by atoms with van der Waals surface area (Å²) in [6.45, 7) is 0. The van der Waals surface area contributed by atoms with Crippen LogP contribution in [0.3, 0.4) is 0 Å². The van der Waals surface area contributed by atoms with Crippen LogP contribution in [0.1, 0.15) is 11.5 Å². The van der Waals surface area contributed by atoms with Gasteiger partial charge < -0.3 is 9.84 Å². The summed E-state index contributed by atoms with van der Waals surface area (Å²) in [4.78, 5) is 25.7. The molecular weight excluding hydrogens is 442 g/mol. The molecule has 3 aromatic heterocycles. The number of carbonyl (C=O) groups is 1. The van der Waals surface area contributed by atoms with Gasteiger partial charge in [0.05, 0.1) is 22.4 Å². The Morgan fingerprint density at radius 1 is 1.03 bits per heavy atom. The molecule has 0 aliphatic heterocycles. The first-order chi connectivity index (χ1) is 15.7. The molecule has 0 aliphatic carbocycles. The van der Waals surface area contributed by atoms with Gasteiger partial charge >= 0.3 is 0 Å². The number of hydrogen-bond acceptors (Lipinski definition) is 8. The molecule has 0 atom stereocenters. The van der Waals surface area contributed by atoms with E-state index in [-0.39, 0.29) is 11.7 Å². The number of hydrogen-bond donors (Lipinski definition) is 1. The molecular formula is C23H17N5O2S2. The lowest BCUT2D eigenvalue weighted by Gasteiger charge is -2.09. The Morgan fingerprint density at radius 3 is 2.78 bits per heavy atom. The third kappa shape index (κ3) is 4.68. The van der Waals surface area contributed by atoms with Gasteiger partial charge in [0.25, 0.3) is 0 Å². The maximum Gasteiger partial charge on any atom is 0.234 e. The maximum atomic E-state index is 12.6. The maximum absolute atomic E-state index is 12.6. The molecule has 5 rings (SSSR count).